The van der Waals surface area contributed by atoms with Crippen molar-refractivity contribution in [1.29, 1.82) is 0 Å². The minimum Gasteiger partial charge on any atom is -0.327 e. The molecule has 1 fully saturated rings. The minimum atomic E-state index is -1.55. The summed E-state index contributed by atoms with van der Waals surface area (Å²) in [6.45, 7) is 1.72. The van der Waals surface area contributed by atoms with Crippen molar-refractivity contribution in [2.24, 2.45) is 11.1 Å². The van der Waals surface area contributed by atoms with Crippen LogP contribution in [0.2, 0.25) is 0 Å². The van der Waals surface area contributed by atoms with Crippen molar-refractivity contribution in [2.75, 3.05) is 5.32 Å². The van der Waals surface area contributed by atoms with Crippen molar-refractivity contribution in [3.63, 3.8) is 0 Å². The molecular formula is C13H15F3N2O. The van der Waals surface area contributed by atoms with Crippen LogP contribution in [0, 0.1) is 22.9 Å². The fourth-order valence-corrected chi connectivity index (χ4v) is 2.38. The van der Waals surface area contributed by atoms with Crippen LogP contribution in [0.1, 0.15) is 26.2 Å². The molecule has 2 atom stereocenters. The summed E-state index contributed by atoms with van der Waals surface area (Å²) < 4.78 is 38.9. The van der Waals surface area contributed by atoms with Crippen molar-refractivity contribution in [3.8, 4) is 0 Å². The van der Waals surface area contributed by atoms with Gasteiger partial charge in [-0.05, 0) is 19.8 Å². The SMILES string of the molecule is CC1(C(=O)Nc2cc(F)c(F)c(F)c2)CCCC1N. The Hall–Kier alpha value is -1.56. The molecule has 1 aliphatic carbocycles. The van der Waals surface area contributed by atoms with Crippen molar-refractivity contribution >= 4 is 11.6 Å². The van der Waals surface area contributed by atoms with Gasteiger partial charge in [0.2, 0.25) is 5.91 Å². The summed E-state index contributed by atoms with van der Waals surface area (Å²) in [5.74, 6) is -4.63. The van der Waals surface area contributed by atoms with E-state index in [-0.39, 0.29) is 11.7 Å². The van der Waals surface area contributed by atoms with E-state index in [0.29, 0.717) is 6.42 Å². The Labute approximate surface area is 109 Å². The summed E-state index contributed by atoms with van der Waals surface area (Å²) in [7, 11) is 0. The zero-order valence-electron chi connectivity index (χ0n) is 10.5. The molecular weight excluding hydrogens is 257 g/mol. The topological polar surface area (TPSA) is 55.1 Å². The van der Waals surface area contributed by atoms with Gasteiger partial charge in [0.1, 0.15) is 0 Å². The average molecular weight is 272 g/mol. The van der Waals surface area contributed by atoms with Gasteiger partial charge in [0, 0.05) is 23.9 Å². The van der Waals surface area contributed by atoms with Gasteiger partial charge in [-0.1, -0.05) is 6.42 Å². The van der Waals surface area contributed by atoms with E-state index < -0.39 is 28.8 Å². The van der Waals surface area contributed by atoms with Gasteiger partial charge in [-0.2, -0.15) is 0 Å². The molecule has 1 amide bonds. The molecule has 0 radical (unpaired) electrons. The Balaban J connectivity index is 2.20. The largest absolute Gasteiger partial charge is 0.327 e. The lowest BCUT2D eigenvalue weighted by Gasteiger charge is -2.27. The highest BCUT2D eigenvalue weighted by Gasteiger charge is 2.43. The van der Waals surface area contributed by atoms with Crippen LogP contribution in [0.4, 0.5) is 18.9 Å². The first kappa shape index (κ1) is 13.9. The van der Waals surface area contributed by atoms with Crippen LogP contribution in [0.3, 0.4) is 0 Å². The summed E-state index contributed by atoms with van der Waals surface area (Å²) >= 11 is 0. The second-order valence-electron chi connectivity index (χ2n) is 5.12. The van der Waals surface area contributed by atoms with E-state index in [1.807, 2.05) is 0 Å². The summed E-state index contributed by atoms with van der Waals surface area (Å²) in [4.78, 5) is 12.1. The third kappa shape index (κ3) is 2.45. The number of hydrogen-bond donors (Lipinski definition) is 2. The molecule has 0 saturated heterocycles. The second kappa shape index (κ2) is 4.85. The third-order valence-electron chi connectivity index (χ3n) is 3.79. The Morgan fingerprint density at radius 1 is 1.37 bits per heavy atom. The van der Waals surface area contributed by atoms with Gasteiger partial charge in [-0.15, -0.1) is 0 Å². The zero-order valence-corrected chi connectivity index (χ0v) is 10.5. The van der Waals surface area contributed by atoms with Crippen LogP contribution >= 0.6 is 0 Å². The van der Waals surface area contributed by atoms with Gasteiger partial charge in [-0.25, -0.2) is 13.2 Å². The maximum atomic E-state index is 13.0. The molecule has 1 aromatic rings. The van der Waals surface area contributed by atoms with Gasteiger partial charge in [0.05, 0.1) is 5.41 Å². The second-order valence-corrected chi connectivity index (χ2v) is 5.12. The smallest absolute Gasteiger partial charge is 0.231 e. The molecule has 0 bridgehead atoms. The van der Waals surface area contributed by atoms with Gasteiger partial charge in [0.15, 0.2) is 17.5 Å². The highest BCUT2D eigenvalue weighted by Crippen LogP contribution is 2.37. The molecule has 3 nitrogen and oxygen atoms in total. The molecule has 0 heterocycles. The molecule has 1 aromatic carbocycles. The maximum absolute atomic E-state index is 13.0. The lowest BCUT2D eigenvalue weighted by Crippen LogP contribution is -2.44. The van der Waals surface area contributed by atoms with E-state index in [2.05, 4.69) is 5.32 Å². The first-order valence-corrected chi connectivity index (χ1v) is 6.06. The van der Waals surface area contributed by atoms with Gasteiger partial charge >= 0.3 is 0 Å². The fourth-order valence-electron chi connectivity index (χ4n) is 2.38. The predicted octanol–water partition coefficient (Wildman–Crippen LogP) is 2.56. The standard InChI is InChI=1S/C13H15F3N2O/c1-13(4-2-3-10(13)17)12(19)18-7-5-8(14)11(16)9(15)6-7/h5-6,10H,2-4,17H2,1H3,(H,18,19). The number of carbonyl (C=O) groups excluding carboxylic acids is 1. The van der Waals surface area contributed by atoms with E-state index in [4.69, 9.17) is 5.73 Å². The van der Waals surface area contributed by atoms with E-state index in [1.54, 1.807) is 6.92 Å². The van der Waals surface area contributed by atoms with Crippen LogP contribution in [0.5, 0.6) is 0 Å². The van der Waals surface area contributed by atoms with Crippen molar-refractivity contribution < 1.29 is 18.0 Å². The Kier molecular flexibility index (Phi) is 3.54. The monoisotopic (exact) mass is 272 g/mol. The molecule has 6 heteroatoms. The Morgan fingerprint density at radius 3 is 2.42 bits per heavy atom. The molecule has 19 heavy (non-hydrogen) atoms. The van der Waals surface area contributed by atoms with Crippen LogP contribution in [0.25, 0.3) is 0 Å². The van der Waals surface area contributed by atoms with E-state index in [9.17, 15) is 18.0 Å². The molecule has 0 aliphatic heterocycles. The number of benzene rings is 1. The zero-order chi connectivity index (χ0) is 14.2. The number of carbonyl (C=O) groups is 1. The quantitative estimate of drug-likeness (QED) is 0.813. The molecule has 2 unspecified atom stereocenters. The number of amides is 1. The first-order valence-electron chi connectivity index (χ1n) is 6.06. The third-order valence-corrected chi connectivity index (χ3v) is 3.79. The summed E-state index contributed by atoms with van der Waals surface area (Å²) in [5, 5.41) is 2.40. The molecule has 0 spiro atoms. The lowest BCUT2D eigenvalue weighted by molar-refractivity contribution is -0.125. The highest BCUT2D eigenvalue weighted by atomic mass is 19.2. The van der Waals surface area contributed by atoms with Gasteiger partial charge in [-0.3, -0.25) is 4.79 Å². The molecule has 104 valence electrons. The van der Waals surface area contributed by atoms with E-state index >= 15 is 0 Å². The molecule has 1 saturated carbocycles. The number of nitrogens with one attached hydrogen (secondary N) is 1. The number of anilines is 1. The van der Waals surface area contributed by atoms with Crippen molar-refractivity contribution in [2.45, 2.75) is 32.2 Å². The summed E-state index contributed by atoms with van der Waals surface area (Å²) in [6, 6.07) is 1.21. The fraction of sp³-hybridized carbons (Fsp3) is 0.462. The normalized spacial score (nSPS) is 26.5. The van der Waals surface area contributed by atoms with Crippen LogP contribution in [0.15, 0.2) is 12.1 Å². The average Bonchev–Trinajstić information content (AvgIpc) is 2.68. The van der Waals surface area contributed by atoms with Crippen molar-refractivity contribution in [1.82, 2.24) is 0 Å². The number of hydrogen-bond acceptors (Lipinski definition) is 2. The number of halogens is 3. The van der Waals surface area contributed by atoms with Crippen LogP contribution in [-0.2, 0) is 4.79 Å². The first-order chi connectivity index (χ1) is 8.84. The van der Waals surface area contributed by atoms with Crippen LogP contribution < -0.4 is 11.1 Å². The molecule has 1 aliphatic rings. The van der Waals surface area contributed by atoms with Crippen molar-refractivity contribution in [3.05, 3.63) is 29.6 Å². The molecule has 3 N–H and O–H groups in total. The lowest BCUT2D eigenvalue weighted by atomic mass is 9.84. The summed E-state index contributed by atoms with van der Waals surface area (Å²) in [6.07, 6.45) is 2.18. The number of nitrogens with two attached hydrogens (primary N) is 1. The Morgan fingerprint density at radius 2 is 1.95 bits per heavy atom. The van der Waals surface area contributed by atoms with E-state index in [0.717, 1.165) is 25.0 Å². The predicted molar refractivity (Wildman–Crippen MR) is 64.9 cm³/mol. The minimum absolute atomic E-state index is 0.110. The molecule has 0 aromatic heterocycles. The van der Waals surface area contributed by atoms with Crippen LogP contribution in [-0.4, -0.2) is 11.9 Å². The van der Waals surface area contributed by atoms with Gasteiger partial charge in [0.25, 0.3) is 0 Å². The Bertz CT molecular complexity index is 498. The van der Waals surface area contributed by atoms with E-state index in [1.165, 1.54) is 0 Å². The molecule has 2 rings (SSSR count). The van der Waals surface area contributed by atoms with Gasteiger partial charge < -0.3 is 11.1 Å². The summed E-state index contributed by atoms with van der Waals surface area (Å²) in [5.41, 5.74) is 5.01. The number of rotatable bonds is 2. The highest BCUT2D eigenvalue weighted by molar-refractivity contribution is 5.95. The maximum Gasteiger partial charge on any atom is 0.231 e.